The molecule has 0 aliphatic carbocycles. The maximum atomic E-state index is 12.0. The number of carbonyl (C=O) groups is 1. The summed E-state index contributed by atoms with van der Waals surface area (Å²) >= 11 is 0. The minimum Gasteiger partial charge on any atom is -0.356 e. The van der Waals surface area contributed by atoms with Gasteiger partial charge in [0.1, 0.15) is 0 Å². The Kier molecular flexibility index (Phi) is 6.44. The first-order chi connectivity index (χ1) is 10.5. The van der Waals surface area contributed by atoms with Crippen molar-refractivity contribution >= 4 is 5.91 Å². The highest BCUT2D eigenvalue weighted by Crippen LogP contribution is 2.20. The lowest BCUT2D eigenvalue weighted by molar-refractivity contribution is -0.120. The van der Waals surface area contributed by atoms with Crippen molar-refractivity contribution in [1.82, 2.24) is 10.2 Å². The number of rotatable bonds is 6. The van der Waals surface area contributed by atoms with E-state index in [0.29, 0.717) is 6.42 Å². The Morgan fingerprint density at radius 2 is 1.91 bits per heavy atom. The summed E-state index contributed by atoms with van der Waals surface area (Å²) in [7, 11) is 0. The van der Waals surface area contributed by atoms with Crippen LogP contribution in [0, 0.1) is 18.8 Å². The normalized spacial score (nSPS) is 22.5. The third-order valence-electron chi connectivity index (χ3n) is 4.53. The number of nitrogens with one attached hydrogen (secondary N) is 1. The van der Waals surface area contributed by atoms with E-state index in [1.54, 1.807) is 0 Å². The summed E-state index contributed by atoms with van der Waals surface area (Å²) in [6.45, 7) is 11.0. The van der Waals surface area contributed by atoms with Crippen LogP contribution in [0.5, 0.6) is 0 Å². The van der Waals surface area contributed by atoms with Crippen LogP contribution in [0.1, 0.15) is 37.8 Å². The van der Waals surface area contributed by atoms with E-state index in [4.69, 9.17) is 0 Å². The lowest BCUT2D eigenvalue weighted by Crippen LogP contribution is -2.40. The van der Waals surface area contributed by atoms with Crippen molar-refractivity contribution in [3.05, 3.63) is 35.4 Å². The zero-order chi connectivity index (χ0) is 15.9. The average Bonchev–Trinajstić information content (AvgIpc) is 2.45. The molecular weight excluding hydrogens is 272 g/mol. The topological polar surface area (TPSA) is 32.3 Å². The Bertz CT molecular complexity index is 476. The van der Waals surface area contributed by atoms with E-state index < -0.39 is 0 Å². The summed E-state index contributed by atoms with van der Waals surface area (Å²) < 4.78 is 0. The predicted octanol–water partition coefficient (Wildman–Crippen LogP) is 3.02. The highest BCUT2D eigenvalue weighted by Gasteiger charge is 2.20. The van der Waals surface area contributed by atoms with Gasteiger partial charge in [0.15, 0.2) is 0 Å². The Morgan fingerprint density at radius 3 is 2.59 bits per heavy atom. The quantitative estimate of drug-likeness (QED) is 0.819. The molecule has 122 valence electrons. The lowest BCUT2D eigenvalue weighted by Gasteiger charge is -2.34. The van der Waals surface area contributed by atoms with Crippen LogP contribution in [-0.2, 0) is 11.2 Å². The zero-order valence-electron chi connectivity index (χ0n) is 14.3. The Hall–Kier alpha value is -1.35. The number of carbonyl (C=O) groups excluding carboxylic acids is 1. The predicted molar refractivity (Wildman–Crippen MR) is 91.9 cm³/mol. The summed E-state index contributed by atoms with van der Waals surface area (Å²) in [5.74, 6) is 1.74. The van der Waals surface area contributed by atoms with Crippen LogP contribution < -0.4 is 5.32 Å². The molecule has 1 heterocycles. The van der Waals surface area contributed by atoms with E-state index in [1.807, 2.05) is 18.2 Å². The fourth-order valence-electron chi connectivity index (χ4n) is 3.55. The molecule has 1 saturated heterocycles. The maximum absolute atomic E-state index is 12.0. The van der Waals surface area contributed by atoms with E-state index >= 15 is 0 Å². The molecule has 1 aliphatic heterocycles. The largest absolute Gasteiger partial charge is 0.356 e. The van der Waals surface area contributed by atoms with Gasteiger partial charge in [0, 0.05) is 19.6 Å². The van der Waals surface area contributed by atoms with Crippen LogP contribution in [-0.4, -0.2) is 37.0 Å². The molecule has 22 heavy (non-hydrogen) atoms. The third kappa shape index (κ3) is 5.45. The molecule has 3 heteroatoms. The maximum Gasteiger partial charge on any atom is 0.224 e. The van der Waals surface area contributed by atoms with Crippen molar-refractivity contribution in [2.45, 2.75) is 40.0 Å². The van der Waals surface area contributed by atoms with E-state index in [1.165, 1.54) is 25.1 Å². The Balaban J connectivity index is 1.64. The van der Waals surface area contributed by atoms with Crippen LogP contribution in [0.4, 0.5) is 0 Å². The summed E-state index contributed by atoms with van der Waals surface area (Å²) in [6.07, 6.45) is 2.88. The van der Waals surface area contributed by atoms with Crippen LogP contribution in [0.2, 0.25) is 0 Å². The van der Waals surface area contributed by atoms with E-state index in [2.05, 4.69) is 37.1 Å². The number of benzene rings is 1. The number of hydrogen-bond donors (Lipinski definition) is 1. The molecule has 2 atom stereocenters. The smallest absolute Gasteiger partial charge is 0.224 e. The Morgan fingerprint density at radius 1 is 1.23 bits per heavy atom. The van der Waals surface area contributed by atoms with Crippen molar-refractivity contribution in [2.75, 3.05) is 26.2 Å². The second-order valence-corrected chi connectivity index (χ2v) is 7.01. The molecule has 1 aromatic rings. The standard InChI is InChI=1S/C19H30N2O/c1-15-11-16(2)14-21(13-15)10-6-9-20-19(22)12-18-8-5-4-7-17(18)3/h4-5,7-8,15-16H,6,9-14H2,1-3H3,(H,20,22)/t15-,16-/m0/s1. The molecule has 0 spiro atoms. The first-order valence-corrected chi connectivity index (χ1v) is 8.58. The molecule has 3 nitrogen and oxygen atoms in total. The van der Waals surface area contributed by atoms with Crippen molar-refractivity contribution in [3.63, 3.8) is 0 Å². The number of amides is 1. The molecule has 1 aromatic carbocycles. The highest BCUT2D eigenvalue weighted by molar-refractivity contribution is 5.78. The van der Waals surface area contributed by atoms with Gasteiger partial charge >= 0.3 is 0 Å². The molecule has 0 unspecified atom stereocenters. The van der Waals surface area contributed by atoms with Gasteiger partial charge in [-0.05, 0) is 49.3 Å². The zero-order valence-corrected chi connectivity index (χ0v) is 14.3. The van der Waals surface area contributed by atoms with Crippen molar-refractivity contribution in [3.8, 4) is 0 Å². The first-order valence-electron chi connectivity index (χ1n) is 8.58. The van der Waals surface area contributed by atoms with Crippen molar-refractivity contribution < 1.29 is 4.79 Å². The fraction of sp³-hybridized carbons (Fsp3) is 0.632. The number of likely N-dealkylation sites (tertiary alicyclic amines) is 1. The first kappa shape index (κ1) is 17.0. The van der Waals surface area contributed by atoms with E-state index in [-0.39, 0.29) is 5.91 Å². The molecule has 1 fully saturated rings. The summed E-state index contributed by atoms with van der Waals surface area (Å²) in [5.41, 5.74) is 2.31. The minimum absolute atomic E-state index is 0.134. The lowest BCUT2D eigenvalue weighted by atomic mass is 9.92. The molecule has 0 saturated carbocycles. The fourth-order valence-corrected chi connectivity index (χ4v) is 3.55. The van der Waals surface area contributed by atoms with E-state index in [0.717, 1.165) is 36.9 Å². The van der Waals surface area contributed by atoms with Crippen molar-refractivity contribution in [1.29, 1.82) is 0 Å². The van der Waals surface area contributed by atoms with Crippen LogP contribution >= 0.6 is 0 Å². The van der Waals surface area contributed by atoms with Crippen LogP contribution in [0.15, 0.2) is 24.3 Å². The van der Waals surface area contributed by atoms with Gasteiger partial charge in [0.05, 0.1) is 6.42 Å². The van der Waals surface area contributed by atoms with Gasteiger partial charge in [0.2, 0.25) is 5.91 Å². The number of piperidine rings is 1. The van der Waals surface area contributed by atoms with Gasteiger partial charge in [-0.1, -0.05) is 38.1 Å². The molecular formula is C19H30N2O. The molecule has 0 aromatic heterocycles. The SMILES string of the molecule is Cc1ccccc1CC(=O)NCCCN1C[C@@H](C)C[C@H](C)C1. The highest BCUT2D eigenvalue weighted by atomic mass is 16.1. The number of hydrogen-bond acceptors (Lipinski definition) is 2. The Labute approximate surface area is 135 Å². The van der Waals surface area contributed by atoms with Gasteiger partial charge in [-0.15, -0.1) is 0 Å². The van der Waals surface area contributed by atoms with Gasteiger partial charge in [-0.3, -0.25) is 4.79 Å². The monoisotopic (exact) mass is 302 g/mol. The van der Waals surface area contributed by atoms with E-state index in [9.17, 15) is 4.79 Å². The molecule has 1 amide bonds. The minimum atomic E-state index is 0.134. The van der Waals surface area contributed by atoms with Crippen molar-refractivity contribution in [2.24, 2.45) is 11.8 Å². The van der Waals surface area contributed by atoms with Gasteiger partial charge in [-0.25, -0.2) is 0 Å². The molecule has 1 N–H and O–H groups in total. The summed E-state index contributed by atoms with van der Waals surface area (Å²) in [4.78, 5) is 14.5. The average molecular weight is 302 g/mol. The molecule has 0 radical (unpaired) electrons. The second-order valence-electron chi connectivity index (χ2n) is 7.01. The number of nitrogens with zero attached hydrogens (tertiary/aromatic N) is 1. The summed E-state index contributed by atoms with van der Waals surface area (Å²) in [6, 6.07) is 8.10. The second kappa shape index (κ2) is 8.33. The molecule has 1 aliphatic rings. The van der Waals surface area contributed by atoms with Crippen LogP contribution in [0.25, 0.3) is 0 Å². The summed E-state index contributed by atoms with van der Waals surface area (Å²) in [5, 5.41) is 3.05. The van der Waals surface area contributed by atoms with Crippen LogP contribution in [0.3, 0.4) is 0 Å². The number of aryl methyl sites for hydroxylation is 1. The molecule has 0 bridgehead atoms. The van der Waals surface area contributed by atoms with Gasteiger partial charge < -0.3 is 10.2 Å². The third-order valence-corrected chi connectivity index (χ3v) is 4.53. The van der Waals surface area contributed by atoms with Gasteiger partial charge in [0.25, 0.3) is 0 Å². The van der Waals surface area contributed by atoms with Gasteiger partial charge in [-0.2, -0.15) is 0 Å². The molecule has 2 rings (SSSR count).